The van der Waals surface area contributed by atoms with Crippen molar-refractivity contribution in [3.05, 3.63) is 18.2 Å². The van der Waals surface area contributed by atoms with Crippen LogP contribution < -0.4 is 14.2 Å². The van der Waals surface area contributed by atoms with Crippen LogP contribution in [0.15, 0.2) is 18.2 Å². The summed E-state index contributed by atoms with van der Waals surface area (Å²) >= 11 is 2.15. The third kappa shape index (κ3) is 4.23. The molecule has 1 aliphatic heterocycles. The summed E-state index contributed by atoms with van der Waals surface area (Å²) in [5, 5.41) is 0. The molecule has 17 heavy (non-hydrogen) atoms. The molecule has 1 heterocycles. The molecule has 1 unspecified atom stereocenters. The van der Waals surface area contributed by atoms with Gasteiger partial charge in [0.05, 0.1) is 13.2 Å². The average molecular weight is 350 g/mol. The minimum atomic E-state index is 0.250. The number of halogens is 1. The molecular formula is C12H15IO4. The number of rotatable bonds is 7. The van der Waals surface area contributed by atoms with Gasteiger partial charge in [0.15, 0.2) is 0 Å². The van der Waals surface area contributed by atoms with Crippen molar-refractivity contribution in [1.29, 1.82) is 0 Å². The summed E-state index contributed by atoms with van der Waals surface area (Å²) in [6.07, 6.45) is 0.250. The molecular weight excluding hydrogens is 335 g/mol. The van der Waals surface area contributed by atoms with Gasteiger partial charge in [-0.15, -0.1) is 0 Å². The first-order valence-corrected chi connectivity index (χ1v) is 7.05. The van der Waals surface area contributed by atoms with Gasteiger partial charge >= 0.3 is 0 Å². The van der Waals surface area contributed by atoms with Crippen LogP contribution in [-0.2, 0) is 4.74 Å². The molecule has 1 atom stereocenters. The molecule has 1 aromatic carbocycles. The highest BCUT2D eigenvalue weighted by Gasteiger charge is 2.23. The van der Waals surface area contributed by atoms with Crippen LogP contribution in [0, 0.1) is 0 Å². The van der Waals surface area contributed by atoms with E-state index in [0.29, 0.717) is 17.8 Å². The molecule has 94 valence electrons. The molecule has 0 amide bonds. The molecule has 5 heteroatoms. The van der Waals surface area contributed by atoms with Crippen LogP contribution in [0.4, 0.5) is 0 Å². The molecule has 1 aliphatic rings. The van der Waals surface area contributed by atoms with Crippen molar-refractivity contribution in [1.82, 2.24) is 0 Å². The van der Waals surface area contributed by atoms with Gasteiger partial charge in [0.1, 0.15) is 34.6 Å². The van der Waals surface area contributed by atoms with Gasteiger partial charge in [-0.25, -0.2) is 0 Å². The number of benzene rings is 1. The number of epoxide rings is 1. The van der Waals surface area contributed by atoms with E-state index in [0.717, 1.165) is 23.9 Å². The highest BCUT2D eigenvalue weighted by Crippen LogP contribution is 2.28. The predicted molar refractivity (Wildman–Crippen MR) is 72.4 cm³/mol. The van der Waals surface area contributed by atoms with Gasteiger partial charge in [-0.1, -0.05) is 0 Å². The predicted octanol–water partition coefficient (Wildman–Crippen LogP) is 2.63. The van der Waals surface area contributed by atoms with Crippen LogP contribution in [0.5, 0.6) is 17.2 Å². The Morgan fingerprint density at radius 1 is 1.18 bits per heavy atom. The Morgan fingerprint density at radius 2 is 1.76 bits per heavy atom. The van der Waals surface area contributed by atoms with Crippen molar-refractivity contribution >= 4 is 22.6 Å². The smallest absolute Gasteiger partial charge is 0.139 e. The molecule has 0 N–H and O–H groups in total. The van der Waals surface area contributed by atoms with Gasteiger partial charge in [0, 0.05) is 18.2 Å². The van der Waals surface area contributed by atoms with Crippen molar-refractivity contribution in [3.63, 3.8) is 0 Å². The normalized spacial score (nSPS) is 17.6. The van der Waals surface area contributed by atoms with E-state index < -0.39 is 0 Å². The van der Waals surface area contributed by atoms with Gasteiger partial charge < -0.3 is 18.9 Å². The summed E-state index contributed by atoms with van der Waals surface area (Å²) in [5.74, 6) is 2.28. The Hall–Kier alpha value is -0.690. The summed E-state index contributed by atoms with van der Waals surface area (Å²) in [7, 11) is 0. The van der Waals surface area contributed by atoms with E-state index in [-0.39, 0.29) is 6.10 Å². The van der Waals surface area contributed by atoms with E-state index in [1.165, 1.54) is 0 Å². The van der Waals surface area contributed by atoms with E-state index in [4.69, 9.17) is 18.9 Å². The molecule has 4 nitrogen and oxygen atoms in total. The summed E-state index contributed by atoms with van der Waals surface area (Å²) in [5.41, 5.74) is 0. The zero-order valence-corrected chi connectivity index (χ0v) is 11.8. The zero-order valence-electron chi connectivity index (χ0n) is 9.65. The van der Waals surface area contributed by atoms with E-state index in [9.17, 15) is 0 Å². The van der Waals surface area contributed by atoms with Crippen LogP contribution in [0.3, 0.4) is 0 Å². The third-order valence-electron chi connectivity index (χ3n) is 2.22. The lowest BCUT2D eigenvalue weighted by molar-refractivity contribution is 0.259. The van der Waals surface area contributed by atoms with Crippen LogP contribution in [-0.4, -0.2) is 30.5 Å². The van der Waals surface area contributed by atoms with Crippen LogP contribution in [0.25, 0.3) is 0 Å². The summed E-state index contributed by atoms with van der Waals surface area (Å²) in [6, 6.07) is 5.60. The number of alkyl halides is 1. The Labute approximate surface area is 114 Å². The number of ether oxygens (including phenoxy) is 4. The lowest BCUT2D eigenvalue weighted by Crippen LogP contribution is -2.04. The van der Waals surface area contributed by atoms with E-state index >= 15 is 0 Å². The quantitative estimate of drug-likeness (QED) is 0.431. The zero-order chi connectivity index (χ0) is 12.1. The molecule has 0 aromatic heterocycles. The molecule has 0 saturated carbocycles. The first-order chi connectivity index (χ1) is 8.31. The second-order valence-corrected chi connectivity index (χ2v) is 4.22. The molecule has 0 bridgehead atoms. The summed E-state index contributed by atoms with van der Waals surface area (Å²) in [4.78, 5) is 0. The Bertz CT molecular complexity index is 341. The van der Waals surface area contributed by atoms with Crippen molar-refractivity contribution < 1.29 is 18.9 Å². The van der Waals surface area contributed by atoms with E-state index in [1.807, 2.05) is 25.1 Å². The second-order valence-electron chi connectivity index (χ2n) is 3.59. The minimum Gasteiger partial charge on any atom is -0.494 e. The van der Waals surface area contributed by atoms with Crippen molar-refractivity contribution in [2.24, 2.45) is 0 Å². The maximum Gasteiger partial charge on any atom is 0.139 e. The minimum absolute atomic E-state index is 0.250. The van der Waals surface area contributed by atoms with Gasteiger partial charge in [0.25, 0.3) is 0 Å². The van der Waals surface area contributed by atoms with Gasteiger partial charge in [-0.3, -0.25) is 0 Å². The van der Waals surface area contributed by atoms with Crippen molar-refractivity contribution in [3.8, 4) is 17.2 Å². The molecule has 1 saturated heterocycles. The lowest BCUT2D eigenvalue weighted by Gasteiger charge is -2.11. The fourth-order valence-electron chi connectivity index (χ4n) is 1.38. The highest BCUT2D eigenvalue weighted by molar-refractivity contribution is 14.1. The lowest BCUT2D eigenvalue weighted by atomic mass is 10.3. The Kier molecular flexibility index (Phi) is 4.73. The third-order valence-corrected chi connectivity index (χ3v) is 2.54. The number of hydrogen-bond donors (Lipinski definition) is 0. The van der Waals surface area contributed by atoms with Crippen LogP contribution >= 0.6 is 22.6 Å². The van der Waals surface area contributed by atoms with Gasteiger partial charge in [-0.05, 0) is 29.5 Å². The fraction of sp³-hybridized carbons (Fsp3) is 0.500. The molecule has 0 spiro atoms. The first-order valence-electron chi connectivity index (χ1n) is 5.53. The highest BCUT2D eigenvalue weighted by atomic mass is 127. The van der Waals surface area contributed by atoms with Gasteiger partial charge in [0.2, 0.25) is 0 Å². The largest absolute Gasteiger partial charge is 0.494 e. The fourth-order valence-corrected chi connectivity index (χ4v) is 1.74. The van der Waals surface area contributed by atoms with Crippen LogP contribution in [0.2, 0.25) is 0 Å². The molecule has 1 aromatic rings. The summed E-state index contributed by atoms with van der Waals surface area (Å²) in [6.45, 7) is 3.95. The maximum absolute atomic E-state index is 5.62. The van der Waals surface area contributed by atoms with Crippen molar-refractivity contribution in [2.75, 3.05) is 24.4 Å². The average Bonchev–Trinajstić information content (AvgIpc) is 3.11. The molecule has 0 aliphatic carbocycles. The van der Waals surface area contributed by atoms with Crippen molar-refractivity contribution in [2.45, 2.75) is 13.0 Å². The van der Waals surface area contributed by atoms with Crippen LogP contribution in [0.1, 0.15) is 6.92 Å². The SMILES string of the molecule is CCOc1cc(OCI)cc(OCC2CO2)c1. The number of hydrogen-bond acceptors (Lipinski definition) is 4. The Morgan fingerprint density at radius 3 is 2.29 bits per heavy atom. The maximum atomic E-state index is 5.62. The van der Waals surface area contributed by atoms with E-state index in [1.54, 1.807) is 0 Å². The Balaban J connectivity index is 2.04. The molecule has 1 fully saturated rings. The standard InChI is InChI=1S/C12H15IO4/c1-2-14-9-3-10(15-6-12-7-16-12)5-11(4-9)17-8-13/h3-5,12H,2,6-8H2,1H3. The summed E-state index contributed by atoms with van der Waals surface area (Å²) < 4.78 is 22.2. The molecule has 2 rings (SSSR count). The second kappa shape index (κ2) is 6.30. The first kappa shape index (κ1) is 12.8. The van der Waals surface area contributed by atoms with Gasteiger partial charge in [-0.2, -0.15) is 0 Å². The van der Waals surface area contributed by atoms with E-state index in [2.05, 4.69) is 22.6 Å². The topological polar surface area (TPSA) is 40.2 Å². The molecule has 0 radical (unpaired) electrons. The monoisotopic (exact) mass is 350 g/mol.